The molecule has 7 nitrogen and oxygen atoms in total. The van der Waals surface area contributed by atoms with Crippen molar-refractivity contribution >= 4 is 23.6 Å². The SMILES string of the molecule is CCC(C)C(NC(=O)OC(C)(C)C)C(=O)N(C(C)CCC(C)C)C(C(=O)Nc1ccccc1C)c1ccc(C)cc1. The molecule has 0 heterocycles. The fourth-order valence-electron chi connectivity index (χ4n) is 4.69. The van der Waals surface area contributed by atoms with Crippen LogP contribution in [0, 0.1) is 25.7 Å². The standard InChI is InChI=1S/C34H51N3O4/c1-11-24(5)29(36-33(40)41-34(8,9)10)32(39)37(26(7)19-16-22(2)3)30(27-20-17-23(4)18-21-27)31(38)35-28-15-13-12-14-25(28)6/h12-15,17-18,20-22,24,26,29-30H,11,16,19H2,1-10H3,(H,35,38)(H,36,40). The summed E-state index contributed by atoms with van der Waals surface area (Å²) >= 11 is 0. The highest BCUT2D eigenvalue weighted by Crippen LogP contribution is 2.30. The fraction of sp³-hybridized carbons (Fsp3) is 0.559. The van der Waals surface area contributed by atoms with Gasteiger partial charge in [0.2, 0.25) is 5.91 Å². The predicted molar refractivity (Wildman–Crippen MR) is 167 cm³/mol. The number of hydrogen-bond donors (Lipinski definition) is 2. The normalized spacial score (nSPS) is 14.5. The molecule has 4 atom stereocenters. The molecule has 0 aliphatic heterocycles. The number of nitrogens with one attached hydrogen (secondary N) is 2. The largest absolute Gasteiger partial charge is 0.444 e. The van der Waals surface area contributed by atoms with Gasteiger partial charge in [-0.05, 0) is 83.4 Å². The molecule has 0 aliphatic rings. The monoisotopic (exact) mass is 565 g/mol. The highest BCUT2D eigenvalue weighted by molar-refractivity contribution is 5.99. The van der Waals surface area contributed by atoms with E-state index in [1.54, 1.807) is 25.7 Å². The Bertz CT molecular complexity index is 1150. The summed E-state index contributed by atoms with van der Waals surface area (Å²) < 4.78 is 5.53. The number of rotatable bonds is 12. The molecule has 2 aromatic rings. The summed E-state index contributed by atoms with van der Waals surface area (Å²) in [6, 6.07) is 13.3. The van der Waals surface area contributed by atoms with E-state index >= 15 is 0 Å². The molecule has 0 aromatic heterocycles. The van der Waals surface area contributed by atoms with E-state index < -0.39 is 23.8 Å². The lowest BCUT2D eigenvalue weighted by Gasteiger charge is -2.40. The lowest BCUT2D eigenvalue weighted by molar-refractivity contribution is -0.144. The molecule has 0 saturated heterocycles. The Morgan fingerprint density at radius 3 is 2.05 bits per heavy atom. The summed E-state index contributed by atoms with van der Waals surface area (Å²) in [6.07, 6.45) is 1.61. The maximum Gasteiger partial charge on any atom is 0.408 e. The molecular formula is C34H51N3O4. The topological polar surface area (TPSA) is 87.7 Å². The van der Waals surface area contributed by atoms with E-state index in [9.17, 15) is 14.4 Å². The van der Waals surface area contributed by atoms with Crippen molar-refractivity contribution in [1.29, 1.82) is 0 Å². The Labute approximate surface area is 247 Å². The molecule has 2 rings (SSSR count). The van der Waals surface area contributed by atoms with E-state index in [-0.39, 0.29) is 23.8 Å². The van der Waals surface area contributed by atoms with Crippen LogP contribution in [0.4, 0.5) is 10.5 Å². The number of nitrogens with zero attached hydrogens (tertiary/aromatic N) is 1. The van der Waals surface area contributed by atoms with Gasteiger partial charge in [-0.2, -0.15) is 0 Å². The van der Waals surface area contributed by atoms with Crippen molar-refractivity contribution in [3.63, 3.8) is 0 Å². The second-order valence-corrected chi connectivity index (χ2v) is 12.7. The van der Waals surface area contributed by atoms with Crippen molar-refractivity contribution in [2.45, 2.75) is 112 Å². The molecule has 4 unspecified atom stereocenters. The quantitative estimate of drug-likeness (QED) is 0.278. The molecule has 2 N–H and O–H groups in total. The molecule has 226 valence electrons. The second-order valence-electron chi connectivity index (χ2n) is 12.7. The molecule has 0 radical (unpaired) electrons. The van der Waals surface area contributed by atoms with Gasteiger partial charge in [0.25, 0.3) is 5.91 Å². The van der Waals surface area contributed by atoms with Crippen LogP contribution in [0.1, 0.15) is 97.4 Å². The molecule has 0 spiro atoms. The van der Waals surface area contributed by atoms with Crippen LogP contribution in [0.15, 0.2) is 48.5 Å². The van der Waals surface area contributed by atoms with Crippen LogP contribution in [0.3, 0.4) is 0 Å². The Kier molecular flexibility index (Phi) is 12.4. The first-order chi connectivity index (χ1) is 19.1. The third kappa shape index (κ3) is 10.2. The van der Waals surface area contributed by atoms with Crippen molar-refractivity contribution in [3.05, 3.63) is 65.2 Å². The van der Waals surface area contributed by atoms with Gasteiger partial charge in [-0.3, -0.25) is 9.59 Å². The van der Waals surface area contributed by atoms with Gasteiger partial charge in [-0.1, -0.05) is 82.1 Å². The number of para-hydroxylation sites is 1. The van der Waals surface area contributed by atoms with Crippen molar-refractivity contribution in [3.8, 4) is 0 Å². The summed E-state index contributed by atoms with van der Waals surface area (Å²) in [4.78, 5) is 43.4. The Hall–Kier alpha value is -3.35. The van der Waals surface area contributed by atoms with Crippen LogP contribution < -0.4 is 10.6 Å². The lowest BCUT2D eigenvalue weighted by Crippen LogP contribution is -2.57. The smallest absolute Gasteiger partial charge is 0.408 e. The molecule has 0 saturated carbocycles. The maximum atomic E-state index is 14.6. The number of benzene rings is 2. The third-order valence-corrected chi connectivity index (χ3v) is 7.36. The van der Waals surface area contributed by atoms with Gasteiger partial charge < -0.3 is 20.3 Å². The number of carbonyl (C=O) groups excluding carboxylic acids is 3. The average molecular weight is 566 g/mol. The van der Waals surface area contributed by atoms with Crippen LogP contribution in [-0.2, 0) is 14.3 Å². The van der Waals surface area contributed by atoms with E-state index in [1.165, 1.54) is 0 Å². The number of hydrogen-bond acceptors (Lipinski definition) is 4. The van der Waals surface area contributed by atoms with Crippen molar-refractivity contribution in [1.82, 2.24) is 10.2 Å². The van der Waals surface area contributed by atoms with Crippen molar-refractivity contribution in [2.75, 3.05) is 5.32 Å². The predicted octanol–water partition coefficient (Wildman–Crippen LogP) is 7.58. The molecule has 41 heavy (non-hydrogen) atoms. The summed E-state index contributed by atoms with van der Waals surface area (Å²) in [5, 5.41) is 5.94. The zero-order chi connectivity index (χ0) is 30.9. The molecular weight excluding hydrogens is 514 g/mol. The van der Waals surface area contributed by atoms with Gasteiger partial charge in [0, 0.05) is 11.7 Å². The molecule has 2 aromatic carbocycles. The lowest BCUT2D eigenvalue weighted by atomic mass is 9.93. The van der Waals surface area contributed by atoms with Crippen LogP contribution in [0.2, 0.25) is 0 Å². The summed E-state index contributed by atoms with van der Waals surface area (Å²) in [7, 11) is 0. The van der Waals surface area contributed by atoms with Gasteiger partial charge in [0.05, 0.1) is 0 Å². The summed E-state index contributed by atoms with van der Waals surface area (Å²) in [5.41, 5.74) is 2.68. The average Bonchev–Trinajstić information content (AvgIpc) is 2.89. The molecule has 3 amide bonds. The van der Waals surface area contributed by atoms with Crippen LogP contribution >= 0.6 is 0 Å². The minimum absolute atomic E-state index is 0.187. The summed E-state index contributed by atoms with van der Waals surface area (Å²) in [6.45, 7) is 19.5. The van der Waals surface area contributed by atoms with Gasteiger partial charge >= 0.3 is 6.09 Å². The van der Waals surface area contributed by atoms with Crippen molar-refractivity contribution in [2.24, 2.45) is 11.8 Å². The zero-order valence-electron chi connectivity index (χ0n) is 26.7. The van der Waals surface area contributed by atoms with Gasteiger partial charge in [-0.25, -0.2) is 4.79 Å². The second kappa shape index (κ2) is 15.0. The zero-order valence-corrected chi connectivity index (χ0v) is 26.7. The first kappa shape index (κ1) is 33.9. The van der Waals surface area contributed by atoms with Crippen LogP contribution in [0.5, 0.6) is 0 Å². The minimum Gasteiger partial charge on any atom is -0.444 e. The van der Waals surface area contributed by atoms with Crippen molar-refractivity contribution < 1.29 is 19.1 Å². The van der Waals surface area contributed by atoms with Gasteiger partial charge in [0.1, 0.15) is 17.7 Å². The number of anilines is 1. The van der Waals surface area contributed by atoms with E-state index in [0.717, 1.165) is 17.5 Å². The molecule has 0 bridgehead atoms. The molecule has 0 fully saturated rings. The van der Waals surface area contributed by atoms with E-state index in [0.29, 0.717) is 30.0 Å². The van der Waals surface area contributed by atoms with E-state index in [1.807, 2.05) is 83.1 Å². The first-order valence-electron chi connectivity index (χ1n) is 14.9. The fourth-order valence-corrected chi connectivity index (χ4v) is 4.69. The highest BCUT2D eigenvalue weighted by Gasteiger charge is 2.40. The minimum atomic E-state index is -0.906. The molecule has 7 heteroatoms. The van der Waals surface area contributed by atoms with E-state index in [2.05, 4.69) is 24.5 Å². The number of carbonyl (C=O) groups is 3. The van der Waals surface area contributed by atoms with Gasteiger partial charge in [0.15, 0.2) is 0 Å². The summed E-state index contributed by atoms with van der Waals surface area (Å²) in [5.74, 6) is -0.355. The maximum absolute atomic E-state index is 14.6. The Morgan fingerprint density at radius 2 is 1.51 bits per heavy atom. The Morgan fingerprint density at radius 1 is 0.902 bits per heavy atom. The Balaban J connectivity index is 2.65. The molecule has 0 aliphatic carbocycles. The van der Waals surface area contributed by atoms with Gasteiger partial charge in [-0.15, -0.1) is 0 Å². The number of alkyl carbamates (subject to hydrolysis) is 1. The number of ether oxygens (including phenoxy) is 1. The van der Waals surface area contributed by atoms with Crippen LogP contribution in [0.25, 0.3) is 0 Å². The number of amides is 3. The number of aryl methyl sites for hydroxylation is 2. The third-order valence-electron chi connectivity index (χ3n) is 7.36. The van der Waals surface area contributed by atoms with Crippen LogP contribution in [-0.4, -0.2) is 40.5 Å². The highest BCUT2D eigenvalue weighted by atomic mass is 16.6. The first-order valence-corrected chi connectivity index (χ1v) is 14.9. The van der Waals surface area contributed by atoms with E-state index in [4.69, 9.17) is 4.74 Å².